The third kappa shape index (κ3) is 7.59. The largest absolute Gasteiger partial charge is 0.566 e. The minimum absolute atomic E-state index is 1.06. The summed E-state index contributed by atoms with van der Waals surface area (Å²) in [5.74, 6) is -1.32. The van der Waals surface area contributed by atoms with Crippen molar-refractivity contribution in [1.82, 2.24) is 0 Å². The van der Waals surface area contributed by atoms with E-state index >= 15 is 0 Å². The van der Waals surface area contributed by atoms with Crippen LogP contribution >= 0.6 is 8.25 Å². The molecule has 0 aromatic heterocycles. The maximum atomic E-state index is 11.4. The summed E-state index contributed by atoms with van der Waals surface area (Å²) in [4.78, 5) is 19.9. The lowest BCUT2D eigenvalue weighted by Crippen LogP contribution is -2.18. The molecule has 0 saturated carbocycles. The monoisotopic (exact) mass is 204 g/mol. The topological polar surface area (TPSA) is 66.4 Å². The van der Waals surface area contributed by atoms with Gasteiger partial charge in [0.05, 0.1) is 0 Å². The Kier molecular flexibility index (Phi) is 4.30. The zero-order chi connectivity index (χ0) is 9.78. The second-order valence-electron chi connectivity index (χ2n) is 1.83. The van der Waals surface area contributed by atoms with Crippen LogP contribution in [-0.2, 0) is 13.9 Å². The predicted octanol–water partition coefficient (Wildman–Crippen LogP) is 0.542. The van der Waals surface area contributed by atoms with Gasteiger partial charge in [0.25, 0.3) is 0 Å². The average Bonchev–Trinajstić information content (AvgIpc) is 1.79. The van der Waals surface area contributed by atoms with Gasteiger partial charge < -0.3 is 4.89 Å². The Hall–Kier alpha value is -0.520. The first-order chi connectivity index (χ1) is 5.31. The number of hydrogen-bond donors (Lipinski definition) is 0. The van der Waals surface area contributed by atoms with Gasteiger partial charge in [0, 0.05) is 0 Å². The average molecular weight is 204 g/mol. The van der Waals surface area contributed by atoms with Crippen molar-refractivity contribution in [2.24, 2.45) is 0 Å². The van der Waals surface area contributed by atoms with Gasteiger partial charge in [-0.15, -0.1) is 4.52 Å². The smallest absolute Gasteiger partial charge is 0.488 e. The third-order valence-corrected chi connectivity index (χ3v) is 1.07. The van der Waals surface area contributed by atoms with E-state index in [0.29, 0.717) is 0 Å². The zero-order valence-corrected chi connectivity index (χ0v) is 6.52. The molecule has 4 nitrogen and oxygen atoms in total. The Morgan fingerprint density at radius 3 is 2.33 bits per heavy atom. The lowest BCUT2D eigenvalue weighted by Gasteiger charge is -2.02. The molecule has 0 fully saturated rings. The summed E-state index contributed by atoms with van der Waals surface area (Å²) in [5, 5.41) is 0. The van der Waals surface area contributed by atoms with E-state index in [4.69, 9.17) is 0 Å². The first-order valence-electron chi connectivity index (χ1n) is 2.67. The van der Waals surface area contributed by atoms with Gasteiger partial charge in [-0.3, -0.25) is 4.79 Å². The highest BCUT2D eigenvalue weighted by Crippen LogP contribution is 2.20. The van der Waals surface area contributed by atoms with Crippen molar-refractivity contribution in [1.29, 1.82) is 0 Å². The standard InChI is InChI=1S/C4H4F3O4P/c5-4(6,7)1-3(8)2-11-12(9)10/h1-2H2. The fraction of sp³-hybridized carbons (Fsp3) is 0.750. The third-order valence-electron chi connectivity index (χ3n) is 0.729. The normalized spacial score (nSPS) is 12.8. The molecule has 12 heavy (non-hydrogen) atoms. The van der Waals surface area contributed by atoms with Crippen molar-refractivity contribution in [3.63, 3.8) is 0 Å². The van der Waals surface area contributed by atoms with Crippen LogP contribution in [0.4, 0.5) is 13.2 Å². The summed E-state index contributed by atoms with van der Waals surface area (Å²) in [7, 11) is -3.26. The molecule has 1 unspecified atom stereocenters. The number of ketones is 1. The summed E-state index contributed by atoms with van der Waals surface area (Å²) >= 11 is 0. The lowest BCUT2D eigenvalue weighted by molar-refractivity contribution is -0.187. The zero-order valence-electron chi connectivity index (χ0n) is 5.63. The summed E-state index contributed by atoms with van der Waals surface area (Å²) < 4.78 is 47.5. The van der Waals surface area contributed by atoms with E-state index in [1.54, 1.807) is 0 Å². The van der Waals surface area contributed by atoms with Crippen molar-refractivity contribution in [2.45, 2.75) is 12.6 Å². The van der Waals surface area contributed by atoms with Gasteiger partial charge in [0.1, 0.15) is 6.42 Å². The molecule has 0 radical (unpaired) electrons. The van der Waals surface area contributed by atoms with E-state index in [2.05, 4.69) is 4.52 Å². The minimum atomic E-state index is -4.62. The molecule has 0 aromatic rings. The van der Waals surface area contributed by atoms with E-state index in [1.807, 2.05) is 0 Å². The molecular weight excluding hydrogens is 200 g/mol. The van der Waals surface area contributed by atoms with Crippen LogP contribution in [0.5, 0.6) is 0 Å². The molecule has 0 saturated heterocycles. The van der Waals surface area contributed by atoms with Crippen molar-refractivity contribution in [2.75, 3.05) is 6.61 Å². The summed E-state index contributed by atoms with van der Waals surface area (Å²) in [6, 6.07) is 0. The summed E-state index contributed by atoms with van der Waals surface area (Å²) in [5.41, 5.74) is 0. The van der Waals surface area contributed by atoms with E-state index < -0.39 is 33.2 Å². The Balaban J connectivity index is 3.68. The van der Waals surface area contributed by atoms with Crippen molar-refractivity contribution < 1.29 is 31.9 Å². The highest BCUT2D eigenvalue weighted by atomic mass is 31.1. The van der Waals surface area contributed by atoms with Crippen LogP contribution in [0.25, 0.3) is 0 Å². The van der Waals surface area contributed by atoms with Gasteiger partial charge in [-0.2, -0.15) is 13.2 Å². The molecule has 0 spiro atoms. The van der Waals surface area contributed by atoms with Gasteiger partial charge in [0.2, 0.25) is 0 Å². The molecule has 70 valence electrons. The molecule has 0 aromatic carbocycles. The van der Waals surface area contributed by atoms with Crippen LogP contribution in [0.15, 0.2) is 0 Å². The van der Waals surface area contributed by atoms with E-state index in [-0.39, 0.29) is 0 Å². The van der Waals surface area contributed by atoms with E-state index in [9.17, 15) is 27.4 Å². The molecule has 0 aliphatic heterocycles. The fourth-order valence-corrected chi connectivity index (χ4v) is 0.649. The van der Waals surface area contributed by atoms with Gasteiger partial charge in [-0.05, 0) is 4.57 Å². The quantitative estimate of drug-likeness (QED) is 0.627. The van der Waals surface area contributed by atoms with Gasteiger partial charge in [-0.1, -0.05) is 0 Å². The minimum Gasteiger partial charge on any atom is -0.566 e. The summed E-state index contributed by atoms with van der Waals surface area (Å²) in [6.45, 7) is -1.06. The predicted molar refractivity (Wildman–Crippen MR) is 29.2 cm³/mol. The molecule has 0 bridgehead atoms. The molecule has 0 amide bonds. The second-order valence-corrected chi connectivity index (χ2v) is 2.53. The van der Waals surface area contributed by atoms with Gasteiger partial charge >= 0.3 is 14.4 Å². The van der Waals surface area contributed by atoms with Crippen LogP contribution < -0.4 is 4.89 Å². The van der Waals surface area contributed by atoms with E-state index in [0.717, 1.165) is 0 Å². The molecule has 0 rings (SSSR count). The summed E-state index contributed by atoms with van der Waals surface area (Å²) in [6.07, 6.45) is -6.29. The number of Topliss-reactive ketones (excluding diaryl/α,β-unsaturated/α-hetero) is 1. The Morgan fingerprint density at radius 1 is 1.50 bits per heavy atom. The lowest BCUT2D eigenvalue weighted by atomic mass is 10.3. The molecule has 0 heterocycles. The molecule has 0 aliphatic carbocycles. The maximum absolute atomic E-state index is 11.4. The first kappa shape index (κ1) is 11.5. The molecular formula is C4H4F3O4P. The highest BCUT2D eigenvalue weighted by Gasteiger charge is 2.31. The highest BCUT2D eigenvalue weighted by molar-refractivity contribution is 7.30. The van der Waals surface area contributed by atoms with Crippen molar-refractivity contribution >= 4 is 14.0 Å². The van der Waals surface area contributed by atoms with Crippen LogP contribution in [-0.4, -0.2) is 18.6 Å². The number of alkyl halides is 3. The SMILES string of the molecule is O=C(CO[P+](=O)[O-])CC(F)(F)F. The fourth-order valence-electron chi connectivity index (χ4n) is 0.399. The number of hydrogen-bond acceptors (Lipinski definition) is 4. The Morgan fingerprint density at radius 2 is 2.00 bits per heavy atom. The van der Waals surface area contributed by atoms with Crippen LogP contribution in [0.3, 0.4) is 0 Å². The Labute approximate surface area is 66.3 Å². The van der Waals surface area contributed by atoms with Crippen LogP contribution in [0.2, 0.25) is 0 Å². The van der Waals surface area contributed by atoms with Crippen molar-refractivity contribution in [3.8, 4) is 0 Å². The number of halogens is 3. The first-order valence-corrected chi connectivity index (χ1v) is 3.76. The molecule has 0 N–H and O–H groups in total. The van der Waals surface area contributed by atoms with Gasteiger partial charge in [0.15, 0.2) is 12.4 Å². The van der Waals surface area contributed by atoms with Crippen molar-refractivity contribution in [3.05, 3.63) is 0 Å². The molecule has 0 aliphatic rings. The number of carbonyl (C=O) groups excluding carboxylic acids is 1. The second kappa shape index (κ2) is 4.49. The number of rotatable bonds is 4. The molecule has 8 heteroatoms. The number of carbonyl (C=O) groups is 1. The maximum Gasteiger partial charge on any atom is 0.488 e. The van der Waals surface area contributed by atoms with Gasteiger partial charge in [-0.25, -0.2) is 0 Å². The van der Waals surface area contributed by atoms with Crippen LogP contribution in [0.1, 0.15) is 6.42 Å². The van der Waals surface area contributed by atoms with Crippen LogP contribution in [0, 0.1) is 0 Å². The molecule has 1 atom stereocenters. The Bertz CT molecular complexity index is 189. The van der Waals surface area contributed by atoms with E-state index in [1.165, 1.54) is 0 Å².